The van der Waals surface area contributed by atoms with Crippen LogP contribution >= 0.6 is 15.9 Å². The molecule has 0 fully saturated rings. The highest BCUT2D eigenvalue weighted by molar-refractivity contribution is 9.09. The van der Waals surface area contributed by atoms with Gasteiger partial charge in [-0.1, -0.05) is 15.9 Å². The number of hydrogen-bond acceptors (Lipinski definition) is 4. The molecule has 1 heterocycles. The monoisotopic (exact) mass is 275 g/mol. The minimum atomic E-state index is -1.12. The standard InChI is InChI=1S/C9H10BrNO4/c10-3-7(12)8(13)6-2-1-5(4-11-6)9(14)15/h1-2,4,7-8,12-13H,3H2,(H,14,15). The fourth-order valence-corrected chi connectivity index (χ4v) is 1.34. The second-order valence-corrected chi connectivity index (χ2v) is 3.59. The lowest BCUT2D eigenvalue weighted by molar-refractivity contribution is 0.0315. The van der Waals surface area contributed by atoms with E-state index < -0.39 is 18.2 Å². The molecule has 1 rings (SSSR count). The van der Waals surface area contributed by atoms with Crippen LogP contribution in [0.2, 0.25) is 0 Å². The number of carbonyl (C=O) groups is 1. The van der Waals surface area contributed by atoms with Crippen molar-refractivity contribution >= 4 is 21.9 Å². The number of nitrogens with zero attached hydrogens (tertiary/aromatic N) is 1. The Bertz CT molecular complexity index is 340. The Kier molecular flexibility index (Phi) is 4.19. The summed E-state index contributed by atoms with van der Waals surface area (Å²) in [5.74, 6) is -1.08. The molecule has 1 aromatic rings. The zero-order valence-electron chi connectivity index (χ0n) is 7.67. The van der Waals surface area contributed by atoms with Crippen LogP contribution in [0, 0.1) is 0 Å². The molecule has 2 unspecified atom stereocenters. The van der Waals surface area contributed by atoms with E-state index in [2.05, 4.69) is 20.9 Å². The molecule has 0 bridgehead atoms. The van der Waals surface area contributed by atoms with Crippen molar-refractivity contribution in [3.8, 4) is 0 Å². The molecule has 0 amide bonds. The minimum Gasteiger partial charge on any atom is -0.478 e. The van der Waals surface area contributed by atoms with Gasteiger partial charge in [0.1, 0.15) is 6.10 Å². The molecule has 0 radical (unpaired) electrons. The molecular weight excluding hydrogens is 266 g/mol. The molecule has 0 aliphatic heterocycles. The summed E-state index contributed by atoms with van der Waals surface area (Å²) < 4.78 is 0. The molecule has 82 valence electrons. The first-order chi connectivity index (χ1) is 7.06. The smallest absolute Gasteiger partial charge is 0.337 e. The first kappa shape index (κ1) is 12.1. The molecule has 5 nitrogen and oxygen atoms in total. The lowest BCUT2D eigenvalue weighted by Crippen LogP contribution is -2.20. The van der Waals surface area contributed by atoms with E-state index in [1.807, 2.05) is 0 Å². The van der Waals surface area contributed by atoms with Gasteiger partial charge in [0.25, 0.3) is 0 Å². The van der Waals surface area contributed by atoms with Crippen LogP contribution in [0.5, 0.6) is 0 Å². The zero-order valence-corrected chi connectivity index (χ0v) is 9.25. The van der Waals surface area contributed by atoms with Crippen LogP contribution in [0.1, 0.15) is 22.2 Å². The fraction of sp³-hybridized carbons (Fsp3) is 0.333. The third-order valence-corrected chi connectivity index (χ3v) is 2.52. The van der Waals surface area contributed by atoms with Gasteiger partial charge in [0.15, 0.2) is 0 Å². The Labute approximate surface area is 94.5 Å². The maximum absolute atomic E-state index is 10.5. The number of aromatic carboxylic acids is 1. The highest BCUT2D eigenvalue weighted by atomic mass is 79.9. The number of aliphatic hydroxyl groups is 2. The summed E-state index contributed by atoms with van der Waals surface area (Å²) in [4.78, 5) is 14.3. The zero-order chi connectivity index (χ0) is 11.4. The maximum atomic E-state index is 10.5. The molecule has 2 atom stereocenters. The van der Waals surface area contributed by atoms with Crippen LogP contribution < -0.4 is 0 Å². The van der Waals surface area contributed by atoms with Crippen LogP contribution in [0.15, 0.2) is 18.3 Å². The van der Waals surface area contributed by atoms with Gasteiger partial charge in [-0.05, 0) is 12.1 Å². The summed E-state index contributed by atoms with van der Waals surface area (Å²) in [6, 6.07) is 2.70. The normalized spacial score (nSPS) is 14.6. The second-order valence-electron chi connectivity index (χ2n) is 2.94. The van der Waals surface area contributed by atoms with E-state index in [1.54, 1.807) is 0 Å². The first-order valence-corrected chi connectivity index (χ1v) is 5.29. The van der Waals surface area contributed by atoms with Gasteiger partial charge in [-0.25, -0.2) is 4.79 Å². The van der Waals surface area contributed by atoms with E-state index >= 15 is 0 Å². The fourth-order valence-electron chi connectivity index (χ4n) is 0.988. The van der Waals surface area contributed by atoms with Gasteiger partial charge in [-0.15, -0.1) is 0 Å². The van der Waals surface area contributed by atoms with Gasteiger partial charge in [0.05, 0.1) is 17.4 Å². The van der Waals surface area contributed by atoms with Crippen molar-refractivity contribution in [1.82, 2.24) is 4.98 Å². The van der Waals surface area contributed by atoms with Crippen LogP contribution in [-0.2, 0) is 0 Å². The van der Waals surface area contributed by atoms with Gasteiger partial charge in [0.2, 0.25) is 0 Å². The number of aliphatic hydroxyl groups excluding tert-OH is 2. The molecule has 0 aromatic carbocycles. The molecule has 1 aromatic heterocycles. The van der Waals surface area contributed by atoms with Gasteiger partial charge in [-0.2, -0.15) is 0 Å². The first-order valence-electron chi connectivity index (χ1n) is 4.17. The number of rotatable bonds is 4. The van der Waals surface area contributed by atoms with E-state index in [9.17, 15) is 15.0 Å². The SMILES string of the molecule is O=C(O)c1ccc(C(O)C(O)CBr)nc1. The number of carboxylic acid groups (broad SMARTS) is 1. The molecule has 0 saturated carbocycles. The highest BCUT2D eigenvalue weighted by Gasteiger charge is 2.18. The van der Waals surface area contributed by atoms with Crippen LogP contribution in [0.3, 0.4) is 0 Å². The van der Waals surface area contributed by atoms with Gasteiger partial charge >= 0.3 is 5.97 Å². The Hall–Kier alpha value is -0.980. The van der Waals surface area contributed by atoms with Crippen molar-refractivity contribution < 1.29 is 20.1 Å². The number of halogens is 1. The van der Waals surface area contributed by atoms with Crippen molar-refractivity contribution in [2.45, 2.75) is 12.2 Å². The summed E-state index contributed by atoms with van der Waals surface area (Å²) in [5, 5.41) is 27.7. The average molecular weight is 276 g/mol. The average Bonchev–Trinajstić information content (AvgIpc) is 2.27. The number of aromatic nitrogens is 1. The summed E-state index contributed by atoms with van der Waals surface area (Å²) in [5.41, 5.74) is 0.284. The summed E-state index contributed by atoms with van der Waals surface area (Å²) in [6.07, 6.45) is -0.942. The Morgan fingerprint density at radius 1 is 1.47 bits per heavy atom. The van der Waals surface area contributed by atoms with E-state index in [-0.39, 0.29) is 16.6 Å². The number of carboxylic acids is 1. The molecule has 15 heavy (non-hydrogen) atoms. The van der Waals surface area contributed by atoms with Crippen molar-refractivity contribution in [3.05, 3.63) is 29.6 Å². The van der Waals surface area contributed by atoms with E-state index in [4.69, 9.17) is 5.11 Å². The van der Waals surface area contributed by atoms with E-state index in [0.29, 0.717) is 0 Å². The summed E-state index contributed by atoms with van der Waals surface area (Å²) in [6.45, 7) is 0. The molecule has 3 N–H and O–H groups in total. The molecule has 0 saturated heterocycles. The second kappa shape index (κ2) is 5.20. The number of hydrogen-bond donors (Lipinski definition) is 3. The molecule has 6 heteroatoms. The number of pyridine rings is 1. The third kappa shape index (κ3) is 2.98. The van der Waals surface area contributed by atoms with E-state index in [0.717, 1.165) is 6.20 Å². The third-order valence-electron chi connectivity index (χ3n) is 1.86. The lowest BCUT2D eigenvalue weighted by atomic mass is 10.1. The predicted molar refractivity (Wildman–Crippen MR) is 56.0 cm³/mol. The summed E-state index contributed by atoms with van der Waals surface area (Å²) >= 11 is 3.02. The Morgan fingerprint density at radius 2 is 2.13 bits per heavy atom. The van der Waals surface area contributed by atoms with Crippen molar-refractivity contribution in [3.63, 3.8) is 0 Å². The van der Waals surface area contributed by atoms with Crippen molar-refractivity contribution in [2.24, 2.45) is 0 Å². The Morgan fingerprint density at radius 3 is 2.53 bits per heavy atom. The van der Waals surface area contributed by atoms with Crippen LogP contribution in [0.25, 0.3) is 0 Å². The predicted octanol–water partition coefficient (Wildman–Crippen LogP) is 0.569. The van der Waals surface area contributed by atoms with Gasteiger partial charge in [-0.3, -0.25) is 4.98 Å². The quantitative estimate of drug-likeness (QED) is 0.699. The minimum absolute atomic E-state index is 0.0410. The molecule has 0 spiro atoms. The van der Waals surface area contributed by atoms with Gasteiger partial charge < -0.3 is 15.3 Å². The molecule has 0 aliphatic carbocycles. The lowest BCUT2D eigenvalue weighted by Gasteiger charge is -2.14. The van der Waals surface area contributed by atoms with Crippen molar-refractivity contribution in [2.75, 3.05) is 5.33 Å². The molecular formula is C9H10BrNO4. The summed E-state index contributed by atoms with van der Waals surface area (Å²) in [7, 11) is 0. The largest absolute Gasteiger partial charge is 0.478 e. The van der Waals surface area contributed by atoms with Gasteiger partial charge in [0, 0.05) is 11.5 Å². The van der Waals surface area contributed by atoms with Crippen LogP contribution in [-0.4, -0.2) is 37.7 Å². The topological polar surface area (TPSA) is 90.7 Å². The van der Waals surface area contributed by atoms with E-state index in [1.165, 1.54) is 12.1 Å². The highest BCUT2D eigenvalue weighted by Crippen LogP contribution is 2.16. The van der Waals surface area contributed by atoms with Crippen molar-refractivity contribution in [1.29, 1.82) is 0 Å². The Balaban J connectivity index is 2.84. The maximum Gasteiger partial charge on any atom is 0.337 e. The number of alkyl halides is 1. The molecule has 0 aliphatic rings. The van der Waals surface area contributed by atoms with Crippen LogP contribution in [0.4, 0.5) is 0 Å².